The first-order valence-corrected chi connectivity index (χ1v) is 32.4. The molecule has 502 valence electrons. The van der Waals surface area contributed by atoms with Crippen molar-refractivity contribution < 1.29 is 69.3 Å². The fourth-order valence-corrected chi connectivity index (χ4v) is 12.6. The lowest BCUT2D eigenvalue weighted by Gasteiger charge is -2.42. The van der Waals surface area contributed by atoms with Gasteiger partial charge in [0.25, 0.3) is 0 Å². The van der Waals surface area contributed by atoms with Gasteiger partial charge < -0.3 is 75.9 Å². The van der Waals surface area contributed by atoms with Crippen molar-refractivity contribution in [1.29, 1.82) is 0 Å². The minimum absolute atomic E-state index is 0.0125. The summed E-state index contributed by atoms with van der Waals surface area (Å²) in [5.41, 5.74) is 32.7. The average Bonchev–Trinajstić information content (AvgIpc) is 1.85. The third-order valence-electron chi connectivity index (χ3n) is 18.5. The number of nitrogens with two attached hydrogens (primary N) is 7. The molecule has 0 aromatic heterocycles. The molecule has 0 radical (unpaired) electrons. The third-order valence-corrected chi connectivity index (χ3v) is 18.5. The van der Waals surface area contributed by atoms with Crippen LogP contribution in [0, 0.1) is 47.3 Å². The van der Waals surface area contributed by atoms with Crippen LogP contribution in [0.5, 0.6) is 0 Å². The molecule has 11 unspecified atom stereocenters. The Balaban J connectivity index is 0.000000502. The van der Waals surface area contributed by atoms with Crippen molar-refractivity contribution in [2.75, 3.05) is 0 Å². The maximum Gasteiger partial charge on any atom is 0.168 e. The molecule has 0 amide bonds. The molecule has 7 fully saturated rings. The molecule has 7 aliphatic rings. The van der Waals surface area contributed by atoms with E-state index >= 15 is 0 Å². The summed E-state index contributed by atoms with van der Waals surface area (Å²) in [6, 6.07) is -0.704. The van der Waals surface area contributed by atoms with E-state index in [1.54, 1.807) is 41.5 Å². The van der Waals surface area contributed by atoms with E-state index in [2.05, 4.69) is 0 Å². The summed E-state index contributed by atoms with van der Waals surface area (Å²) in [6.45, 7) is 25.3. The van der Waals surface area contributed by atoms with Crippen LogP contribution in [-0.4, -0.2) is 158 Å². The van der Waals surface area contributed by atoms with Gasteiger partial charge in [-0.1, -0.05) is 103 Å². The monoisotopic (exact) mass is 1230 g/mol. The number of aliphatic hydroxyl groups excluding tert-OH is 1. The van der Waals surface area contributed by atoms with Gasteiger partial charge in [-0.05, 0) is 141 Å². The van der Waals surface area contributed by atoms with E-state index in [1.807, 2.05) is 55.4 Å². The van der Waals surface area contributed by atoms with Crippen LogP contribution in [0.4, 0.5) is 0 Å². The van der Waals surface area contributed by atoms with Gasteiger partial charge in [0.2, 0.25) is 0 Å². The maximum atomic E-state index is 11.7. The lowest BCUT2D eigenvalue weighted by molar-refractivity contribution is -0.152. The molecule has 21 N–H and O–H groups in total. The summed E-state index contributed by atoms with van der Waals surface area (Å²) in [5.74, 6) is -1.14. The van der Waals surface area contributed by atoms with Crippen molar-refractivity contribution >= 4 is 40.5 Å². The predicted octanol–water partition coefficient (Wildman–Crippen LogP) is 3.81. The highest BCUT2D eigenvalue weighted by atomic mass is 16.3. The number of hydrogen-bond acceptors (Lipinski definition) is 21. The van der Waals surface area contributed by atoms with E-state index in [4.69, 9.17) is 40.1 Å². The standard InChI is InChI=1S/4C10H19NO2.C9H17NO2.2C8H15NO2/c1-7(2)9(12)10(13)5-3-8(11)4-6-10;1-6(2)9(12)10(13)7-3-4-8(11)5-7;1-7(2)9(12)10(13)5-3-4-8(11)6-10;1-7(2)9(12)10(13)6-4-3-5-8(10)11;1-6(2)8(11)9(12)5-3-4-7(9)10;1-5(2)7(10)8(11)3-6(9)4-8;1-5(2)7(10)8(11)4-3-6(8)9/h7-8,13H,3-6,11H2,1-2H3;6-8,10,13H,3-5,11H2,1-2H3;2*7-8,13H,3-6,11H2,1-2H3;6-7,12H,3-5,10H2,1-2H3;2*5-6,11H,3-4,9H2,1-2H3. The highest BCUT2D eigenvalue weighted by Crippen LogP contribution is 2.37. The van der Waals surface area contributed by atoms with Crippen LogP contribution in [0.1, 0.15) is 238 Å². The maximum absolute atomic E-state index is 11.7. The second kappa shape index (κ2) is 35.1. The van der Waals surface area contributed by atoms with Gasteiger partial charge in [-0.2, -0.15) is 0 Å². The van der Waals surface area contributed by atoms with Crippen LogP contribution < -0.4 is 40.1 Å². The molecular formula is C65H123N7O14. The number of rotatable bonds is 15. The minimum Gasteiger partial charge on any atom is -0.385 e. The summed E-state index contributed by atoms with van der Waals surface area (Å²) in [5, 5.41) is 69.0. The molecule has 7 aliphatic carbocycles. The van der Waals surface area contributed by atoms with E-state index < -0.39 is 39.7 Å². The Morgan fingerprint density at radius 1 is 0.326 bits per heavy atom. The van der Waals surface area contributed by atoms with Crippen LogP contribution in [-0.2, 0) is 33.6 Å². The van der Waals surface area contributed by atoms with Gasteiger partial charge in [-0.25, -0.2) is 0 Å². The largest absolute Gasteiger partial charge is 0.385 e. The lowest BCUT2D eigenvalue weighted by Crippen LogP contribution is -2.62. The Morgan fingerprint density at radius 3 is 1.01 bits per heavy atom. The minimum atomic E-state index is -1.24. The fraction of sp³-hybridized carbons (Fsp3) is 0.892. The average molecular weight is 1230 g/mol. The summed E-state index contributed by atoms with van der Waals surface area (Å²) in [4.78, 5) is 80.6. The molecule has 0 aliphatic heterocycles. The molecule has 7 rings (SSSR count). The topological polar surface area (TPSA) is 443 Å². The van der Waals surface area contributed by atoms with Crippen LogP contribution in [0.25, 0.3) is 0 Å². The second-order valence-electron chi connectivity index (χ2n) is 28.7. The molecule has 0 spiro atoms. The van der Waals surface area contributed by atoms with Gasteiger partial charge in [-0.15, -0.1) is 0 Å². The Bertz CT molecular complexity index is 2160. The molecule has 11 atom stereocenters. The normalized spacial score (nSPS) is 35.0. The SMILES string of the molecule is CC(C)C(=O)C(O)C1CCC(N)C1.CC(C)C(=O)C1(O)CC(N)C1.CC(C)C(=O)C1(O)CCC(N)CC1.CC(C)C(=O)C1(O)CCC1N.CC(C)C(=O)C1(O)CCCC(N)C1.CC(C)C(=O)C1(O)CCCC1N.CC(C)C(=O)C1(O)CCCCC1N. The molecule has 0 aromatic carbocycles. The third kappa shape index (κ3) is 22.8. The number of carbonyl (C=O) groups excluding carboxylic acids is 7. The van der Waals surface area contributed by atoms with Crippen LogP contribution >= 0.6 is 0 Å². The molecule has 21 nitrogen and oxygen atoms in total. The van der Waals surface area contributed by atoms with Gasteiger partial charge >= 0.3 is 0 Å². The molecule has 0 bridgehead atoms. The molecule has 0 aromatic rings. The zero-order chi connectivity index (χ0) is 66.8. The van der Waals surface area contributed by atoms with Gasteiger partial charge in [0.1, 0.15) is 39.7 Å². The van der Waals surface area contributed by atoms with Gasteiger partial charge in [0, 0.05) is 83.7 Å². The van der Waals surface area contributed by atoms with Crippen LogP contribution in [0.2, 0.25) is 0 Å². The molecule has 0 heterocycles. The van der Waals surface area contributed by atoms with Crippen molar-refractivity contribution in [2.45, 2.75) is 320 Å². The van der Waals surface area contributed by atoms with E-state index in [-0.39, 0.29) is 130 Å². The molecular weight excluding hydrogens is 1100 g/mol. The Kier molecular flexibility index (Phi) is 33.1. The van der Waals surface area contributed by atoms with Crippen LogP contribution in [0.15, 0.2) is 0 Å². The summed E-state index contributed by atoms with van der Waals surface area (Å²) < 4.78 is 0. The fourth-order valence-electron chi connectivity index (χ4n) is 12.6. The Labute approximate surface area is 515 Å². The van der Waals surface area contributed by atoms with Crippen LogP contribution in [0.3, 0.4) is 0 Å². The Hall–Kier alpha value is -2.87. The first-order chi connectivity index (χ1) is 39.3. The summed E-state index contributed by atoms with van der Waals surface area (Å²) >= 11 is 0. The smallest absolute Gasteiger partial charge is 0.168 e. The van der Waals surface area contributed by atoms with Crippen molar-refractivity contribution in [3.8, 4) is 0 Å². The zero-order valence-corrected chi connectivity index (χ0v) is 55.3. The Morgan fingerprint density at radius 2 is 0.686 bits per heavy atom. The number of ketones is 7. The van der Waals surface area contributed by atoms with Crippen molar-refractivity contribution in [3.63, 3.8) is 0 Å². The van der Waals surface area contributed by atoms with E-state index in [0.717, 1.165) is 83.5 Å². The van der Waals surface area contributed by atoms with E-state index in [9.17, 15) is 69.3 Å². The van der Waals surface area contributed by atoms with E-state index in [0.29, 0.717) is 57.8 Å². The number of hydrogen-bond donors (Lipinski definition) is 14. The van der Waals surface area contributed by atoms with Crippen molar-refractivity contribution in [3.05, 3.63) is 0 Å². The highest BCUT2D eigenvalue weighted by molar-refractivity contribution is 5.92. The van der Waals surface area contributed by atoms with Gasteiger partial charge in [0.15, 0.2) is 40.5 Å². The number of Topliss-reactive ketones (excluding diaryl/α,β-unsaturated/α-hetero) is 7. The van der Waals surface area contributed by atoms with Crippen molar-refractivity contribution in [2.24, 2.45) is 87.5 Å². The summed E-state index contributed by atoms with van der Waals surface area (Å²) in [6.07, 6.45) is 14.7. The quantitative estimate of drug-likeness (QED) is 0.111. The zero-order valence-electron chi connectivity index (χ0n) is 55.3. The van der Waals surface area contributed by atoms with Gasteiger partial charge in [-0.3, -0.25) is 33.6 Å². The first kappa shape index (κ1) is 81.1. The molecule has 0 saturated heterocycles. The van der Waals surface area contributed by atoms with E-state index in [1.165, 1.54) is 0 Å². The van der Waals surface area contributed by atoms with Crippen molar-refractivity contribution in [1.82, 2.24) is 0 Å². The lowest BCUT2D eigenvalue weighted by atomic mass is 9.70. The number of carbonyl (C=O) groups is 7. The highest BCUT2D eigenvalue weighted by Gasteiger charge is 2.51. The van der Waals surface area contributed by atoms with Gasteiger partial charge in [0.05, 0.1) is 0 Å². The number of aliphatic hydroxyl groups is 7. The molecule has 7 saturated carbocycles. The predicted molar refractivity (Wildman–Crippen MR) is 336 cm³/mol. The first-order valence-electron chi connectivity index (χ1n) is 32.4. The second-order valence-corrected chi connectivity index (χ2v) is 28.7. The molecule has 21 heteroatoms. The molecule has 86 heavy (non-hydrogen) atoms. The summed E-state index contributed by atoms with van der Waals surface area (Å²) in [7, 11) is 0.